The third-order valence-electron chi connectivity index (χ3n) is 2.72. The summed E-state index contributed by atoms with van der Waals surface area (Å²) in [6.45, 7) is 5.26. The summed E-state index contributed by atoms with van der Waals surface area (Å²) in [5, 5.41) is 6.89. The smallest absolute Gasteiger partial charge is 0.226 e. The van der Waals surface area contributed by atoms with E-state index in [9.17, 15) is 4.79 Å². The second-order valence-electron chi connectivity index (χ2n) is 4.65. The van der Waals surface area contributed by atoms with E-state index in [1.165, 1.54) is 0 Å². The molecule has 0 saturated carbocycles. The molecule has 0 aliphatic carbocycles. The van der Waals surface area contributed by atoms with E-state index in [-0.39, 0.29) is 11.9 Å². The molecule has 1 heterocycles. The number of nitrogens with zero attached hydrogens (tertiary/aromatic N) is 2. The van der Waals surface area contributed by atoms with E-state index < -0.39 is 0 Å². The van der Waals surface area contributed by atoms with Crippen LogP contribution in [-0.2, 0) is 16.1 Å². The van der Waals surface area contributed by atoms with E-state index >= 15 is 0 Å². The van der Waals surface area contributed by atoms with Gasteiger partial charge in [-0.1, -0.05) is 13.8 Å². The van der Waals surface area contributed by atoms with Crippen LogP contribution in [0.2, 0.25) is 0 Å². The van der Waals surface area contributed by atoms with Crippen molar-refractivity contribution in [1.82, 2.24) is 9.78 Å². The molecule has 6 heteroatoms. The lowest BCUT2D eigenvalue weighted by Gasteiger charge is -2.14. The molecule has 3 N–H and O–H groups in total. The molecule has 0 radical (unpaired) electrons. The van der Waals surface area contributed by atoms with Gasteiger partial charge in [0.15, 0.2) is 0 Å². The van der Waals surface area contributed by atoms with Gasteiger partial charge in [0.05, 0.1) is 25.0 Å². The van der Waals surface area contributed by atoms with Gasteiger partial charge in [0.2, 0.25) is 5.91 Å². The minimum Gasteiger partial charge on any atom is -0.383 e. The number of aromatic nitrogens is 2. The number of rotatable bonds is 7. The van der Waals surface area contributed by atoms with Gasteiger partial charge < -0.3 is 15.8 Å². The van der Waals surface area contributed by atoms with Crippen molar-refractivity contribution in [2.45, 2.75) is 32.9 Å². The first-order valence-corrected chi connectivity index (χ1v) is 6.09. The fourth-order valence-electron chi connectivity index (χ4n) is 1.40. The lowest BCUT2D eigenvalue weighted by Crippen LogP contribution is -2.31. The molecule has 0 saturated heterocycles. The Morgan fingerprint density at radius 1 is 1.61 bits per heavy atom. The second kappa shape index (κ2) is 7.13. The Bertz CT molecular complexity index is 376. The topological polar surface area (TPSA) is 82.2 Å². The van der Waals surface area contributed by atoms with Crippen molar-refractivity contribution < 1.29 is 9.53 Å². The molecule has 1 rings (SSSR count). The molecule has 1 unspecified atom stereocenters. The summed E-state index contributed by atoms with van der Waals surface area (Å²) >= 11 is 0. The van der Waals surface area contributed by atoms with Crippen molar-refractivity contribution in [3.8, 4) is 0 Å². The molecule has 0 aliphatic rings. The molecule has 0 aromatic carbocycles. The van der Waals surface area contributed by atoms with Crippen molar-refractivity contribution >= 4 is 11.6 Å². The largest absolute Gasteiger partial charge is 0.383 e. The van der Waals surface area contributed by atoms with Gasteiger partial charge in [0.1, 0.15) is 0 Å². The van der Waals surface area contributed by atoms with Crippen LogP contribution in [0.1, 0.15) is 20.3 Å². The Hall–Kier alpha value is -1.40. The van der Waals surface area contributed by atoms with E-state index in [1.54, 1.807) is 24.2 Å². The number of anilines is 1. The highest BCUT2D eigenvalue weighted by molar-refractivity contribution is 5.90. The quantitative estimate of drug-likeness (QED) is 0.755. The molecular formula is C12H22N4O2. The first-order chi connectivity index (χ1) is 8.52. The van der Waals surface area contributed by atoms with Crippen LogP contribution in [-0.4, -0.2) is 35.4 Å². The van der Waals surface area contributed by atoms with Gasteiger partial charge in [-0.2, -0.15) is 5.10 Å². The van der Waals surface area contributed by atoms with Gasteiger partial charge >= 0.3 is 0 Å². The van der Waals surface area contributed by atoms with Crippen molar-refractivity contribution in [2.24, 2.45) is 11.7 Å². The summed E-state index contributed by atoms with van der Waals surface area (Å²) in [7, 11) is 1.64. The predicted molar refractivity (Wildman–Crippen MR) is 70.2 cm³/mol. The maximum atomic E-state index is 11.7. The lowest BCUT2D eigenvalue weighted by molar-refractivity contribution is -0.116. The summed E-state index contributed by atoms with van der Waals surface area (Å²) in [4.78, 5) is 11.7. The second-order valence-corrected chi connectivity index (χ2v) is 4.65. The monoisotopic (exact) mass is 254 g/mol. The molecule has 0 fully saturated rings. The van der Waals surface area contributed by atoms with Gasteiger partial charge in [-0.3, -0.25) is 9.48 Å². The molecule has 0 bridgehead atoms. The summed E-state index contributed by atoms with van der Waals surface area (Å²) < 4.78 is 6.67. The number of methoxy groups -OCH3 is 1. The van der Waals surface area contributed by atoms with Crippen molar-refractivity contribution in [2.75, 3.05) is 19.0 Å². The number of carbonyl (C=O) groups excluding carboxylic acids is 1. The maximum absolute atomic E-state index is 11.7. The first kappa shape index (κ1) is 14.7. The summed E-state index contributed by atoms with van der Waals surface area (Å²) in [6.07, 6.45) is 3.72. The van der Waals surface area contributed by atoms with Crippen LogP contribution in [0.5, 0.6) is 0 Å². The van der Waals surface area contributed by atoms with Gasteiger partial charge in [0, 0.05) is 25.8 Å². The van der Waals surface area contributed by atoms with Gasteiger partial charge in [0.25, 0.3) is 0 Å². The molecule has 18 heavy (non-hydrogen) atoms. The van der Waals surface area contributed by atoms with Crippen LogP contribution in [0.25, 0.3) is 0 Å². The van der Waals surface area contributed by atoms with Crippen LogP contribution in [0.15, 0.2) is 12.4 Å². The summed E-state index contributed by atoms with van der Waals surface area (Å²) in [6, 6.07) is -0.117. The molecule has 1 amide bonds. The Kier molecular flexibility index (Phi) is 5.80. The van der Waals surface area contributed by atoms with Gasteiger partial charge in [-0.15, -0.1) is 0 Å². The molecule has 0 aliphatic heterocycles. The molecular weight excluding hydrogens is 232 g/mol. The van der Waals surface area contributed by atoms with Crippen LogP contribution in [0, 0.1) is 5.92 Å². The van der Waals surface area contributed by atoms with Crippen LogP contribution in [0.4, 0.5) is 5.69 Å². The van der Waals surface area contributed by atoms with E-state index in [0.29, 0.717) is 31.2 Å². The number of ether oxygens (including phenoxy) is 1. The normalized spacial score (nSPS) is 12.7. The number of amides is 1. The highest BCUT2D eigenvalue weighted by atomic mass is 16.5. The highest BCUT2D eigenvalue weighted by Crippen LogP contribution is 2.08. The zero-order valence-corrected chi connectivity index (χ0v) is 11.2. The Labute approximate surface area is 107 Å². The molecule has 6 nitrogen and oxygen atoms in total. The van der Waals surface area contributed by atoms with Crippen molar-refractivity contribution in [3.63, 3.8) is 0 Å². The van der Waals surface area contributed by atoms with Gasteiger partial charge in [-0.25, -0.2) is 0 Å². The zero-order chi connectivity index (χ0) is 13.5. The van der Waals surface area contributed by atoms with Crippen LogP contribution < -0.4 is 11.1 Å². The maximum Gasteiger partial charge on any atom is 0.226 e. The predicted octanol–water partition coefficient (Wildman–Crippen LogP) is 0.841. The fourth-order valence-corrected chi connectivity index (χ4v) is 1.40. The van der Waals surface area contributed by atoms with E-state index in [2.05, 4.69) is 10.4 Å². The summed E-state index contributed by atoms with van der Waals surface area (Å²) in [5.74, 6) is 0.211. The number of nitrogens with two attached hydrogens (primary N) is 1. The third-order valence-corrected chi connectivity index (χ3v) is 2.72. The Morgan fingerprint density at radius 3 is 2.94 bits per heavy atom. The van der Waals surface area contributed by atoms with E-state index in [0.717, 1.165) is 0 Å². The van der Waals surface area contributed by atoms with Crippen LogP contribution >= 0.6 is 0 Å². The first-order valence-electron chi connectivity index (χ1n) is 6.09. The van der Waals surface area contributed by atoms with E-state index in [1.807, 2.05) is 13.8 Å². The number of nitrogens with one attached hydrogen (secondary N) is 1. The number of carbonyl (C=O) groups is 1. The highest BCUT2D eigenvalue weighted by Gasteiger charge is 2.13. The summed E-state index contributed by atoms with van der Waals surface area (Å²) in [5.41, 5.74) is 6.53. The minimum atomic E-state index is -0.117. The Balaban J connectivity index is 2.42. The van der Waals surface area contributed by atoms with Crippen molar-refractivity contribution in [3.05, 3.63) is 12.4 Å². The lowest BCUT2D eigenvalue weighted by atomic mass is 10.0. The SMILES string of the molecule is COCCn1cc(NC(=O)CC(N)C(C)C)cn1. The average molecular weight is 254 g/mol. The Morgan fingerprint density at radius 2 is 2.33 bits per heavy atom. The van der Waals surface area contributed by atoms with E-state index in [4.69, 9.17) is 10.5 Å². The molecule has 102 valence electrons. The van der Waals surface area contributed by atoms with Crippen molar-refractivity contribution in [1.29, 1.82) is 0 Å². The average Bonchev–Trinajstić information content (AvgIpc) is 2.73. The number of hydrogen-bond acceptors (Lipinski definition) is 4. The molecule has 1 aromatic rings. The van der Waals surface area contributed by atoms with Crippen LogP contribution in [0.3, 0.4) is 0 Å². The zero-order valence-electron chi connectivity index (χ0n) is 11.2. The number of hydrogen-bond donors (Lipinski definition) is 2. The molecule has 1 aromatic heterocycles. The third kappa shape index (κ3) is 4.85. The van der Waals surface area contributed by atoms with Gasteiger partial charge in [-0.05, 0) is 5.92 Å². The minimum absolute atomic E-state index is 0.0810. The standard InChI is InChI=1S/C12H22N4O2/c1-9(2)11(13)6-12(17)15-10-7-14-16(8-10)4-5-18-3/h7-9,11H,4-6,13H2,1-3H3,(H,15,17). The fraction of sp³-hybridized carbons (Fsp3) is 0.667. The molecule has 0 spiro atoms. The molecule has 1 atom stereocenters.